The third-order valence-corrected chi connectivity index (χ3v) is 6.36. The Morgan fingerprint density at radius 3 is 2.55 bits per heavy atom. The van der Waals surface area contributed by atoms with Gasteiger partial charge in [0.25, 0.3) is 0 Å². The largest absolute Gasteiger partial charge is 0.446 e. The van der Waals surface area contributed by atoms with Crippen molar-refractivity contribution in [3.63, 3.8) is 0 Å². The fourth-order valence-electron chi connectivity index (χ4n) is 3.29. The maximum atomic E-state index is 12.4. The minimum Gasteiger partial charge on any atom is -0.446 e. The Bertz CT molecular complexity index is 1270. The molecule has 3 aromatic heterocycles. The molecule has 0 saturated carbocycles. The van der Waals surface area contributed by atoms with Crippen molar-refractivity contribution in [2.24, 2.45) is 5.10 Å². The van der Waals surface area contributed by atoms with Crippen molar-refractivity contribution in [1.82, 2.24) is 19.8 Å². The van der Waals surface area contributed by atoms with Gasteiger partial charge in [0, 0.05) is 31.1 Å². The summed E-state index contributed by atoms with van der Waals surface area (Å²) in [4.78, 5) is 17.4. The number of hydrogen-bond donors (Lipinski definition) is 0. The molecule has 0 aliphatic carbocycles. The average Bonchev–Trinajstić information content (AvgIpc) is 3.52. The van der Waals surface area contributed by atoms with Crippen molar-refractivity contribution in [1.29, 1.82) is 0 Å². The predicted octanol–water partition coefficient (Wildman–Crippen LogP) is 5.00. The van der Waals surface area contributed by atoms with Crippen LogP contribution in [-0.2, 0) is 9.53 Å². The van der Waals surface area contributed by atoms with Crippen LogP contribution in [0.2, 0.25) is 0 Å². The quantitative estimate of drug-likeness (QED) is 0.401. The Hall–Kier alpha value is -3.30. The fraction of sp³-hybridized carbons (Fsp3) is 0.0909. The van der Waals surface area contributed by atoms with Crippen molar-refractivity contribution in [2.75, 3.05) is 0 Å². The second-order valence-corrected chi connectivity index (χ2v) is 9.25. The van der Waals surface area contributed by atoms with Crippen LogP contribution in [0.1, 0.15) is 24.3 Å². The van der Waals surface area contributed by atoms with Gasteiger partial charge in [-0.15, -0.1) is 16.4 Å². The third-order valence-electron chi connectivity index (χ3n) is 4.73. The molecule has 4 aromatic rings. The van der Waals surface area contributed by atoms with E-state index in [1.807, 2.05) is 48.7 Å². The van der Waals surface area contributed by atoms with Crippen molar-refractivity contribution in [3.8, 4) is 16.3 Å². The van der Waals surface area contributed by atoms with Crippen LogP contribution in [-0.4, -0.2) is 31.6 Å². The van der Waals surface area contributed by atoms with Crippen LogP contribution in [0.3, 0.4) is 0 Å². The van der Waals surface area contributed by atoms with Crippen LogP contribution in [0.25, 0.3) is 16.3 Å². The summed E-state index contributed by atoms with van der Waals surface area (Å²) in [6.45, 7) is 1.47. The van der Waals surface area contributed by atoms with Gasteiger partial charge in [-0.05, 0) is 52.3 Å². The number of ether oxygens (including phenoxy) is 1. The monoisotopic (exact) mass is 493 g/mol. The molecule has 1 aliphatic rings. The Balaban J connectivity index is 1.61. The van der Waals surface area contributed by atoms with Gasteiger partial charge in [0.1, 0.15) is 5.69 Å². The molecule has 0 radical (unpaired) electrons. The molecule has 1 aromatic carbocycles. The van der Waals surface area contributed by atoms with E-state index in [-0.39, 0.29) is 5.91 Å². The molecule has 0 fully saturated rings. The molecule has 4 heterocycles. The number of thiophene rings is 1. The van der Waals surface area contributed by atoms with E-state index in [1.54, 1.807) is 40.5 Å². The van der Waals surface area contributed by atoms with E-state index >= 15 is 0 Å². The van der Waals surface area contributed by atoms with E-state index in [1.165, 1.54) is 11.9 Å². The van der Waals surface area contributed by atoms with Crippen molar-refractivity contribution in [3.05, 3.63) is 88.1 Å². The summed E-state index contributed by atoms with van der Waals surface area (Å²) in [7, 11) is 0. The SMILES string of the molecule is CC(=O)N1N=C(c2ccncc2)OC1c1cn(-c2ccccc2)nc1-c1ccc(Br)s1. The molecule has 1 amide bonds. The van der Waals surface area contributed by atoms with Gasteiger partial charge in [-0.3, -0.25) is 9.78 Å². The van der Waals surface area contributed by atoms with Crippen LogP contribution in [0.5, 0.6) is 0 Å². The normalized spacial score (nSPS) is 15.6. The van der Waals surface area contributed by atoms with Gasteiger partial charge in [0.05, 0.1) is 19.9 Å². The lowest BCUT2D eigenvalue weighted by Gasteiger charge is -2.18. The first-order chi connectivity index (χ1) is 15.1. The number of aromatic nitrogens is 3. The van der Waals surface area contributed by atoms with Crippen LogP contribution >= 0.6 is 27.3 Å². The van der Waals surface area contributed by atoms with Crippen LogP contribution in [0, 0.1) is 0 Å². The number of carbonyl (C=O) groups is 1. The predicted molar refractivity (Wildman–Crippen MR) is 122 cm³/mol. The van der Waals surface area contributed by atoms with Crippen molar-refractivity contribution in [2.45, 2.75) is 13.2 Å². The van der Waals surface area contributed by atoms with Crippen molar-refractivity contribution < 1.29 is 9.53 Å². The summed E-state index contributed by atoms with van der Waals surface area (Å²) >= 11 is 5.09. The smallest absolute Gasteiger partial charge is 0.243 e. The molecule has 1 aliphatic heterocycles. The summed E-state index contributed by atoms with van der Waals surface area (Å²) in [5.41, 5.74) is 3.15. The molecule has 5 rings (SSSR count). The highest BCUT2D eigenvalue weighted by atomic mass is 79.9. The standard InChI is InChI=1S/C22H16BrN5O2S/c1-14(29)28-22(30-21(26-28)15-9-11-24-12-10-15)17-13-27(16-5-3-2-4-6-16)25-20(17)18-7-8-19(23)31-18/h2-13,22H,1H3. The molecule has 0 spiro atoms. The maximum absolute atomic E-state index is 12.4. The number of amides is 1. The van der Waals surface area contributed by atoms with Crippen LogP contribution in [0.4, 0.5) is 0 Å². The van der Waals surface area contributed by atoms with Gasteiger partial charge in [0.15, 0.2) is 0 Å². The number of para-hydroxylation sites is 1. The van der Waals surface area contributed by atoms with Crippen LogP contribution in [0.15, 0.2) is 82.1 Å². The van der Waals surface area contributed by atoms with Crippen molar-refractivity contribution >= 4 is 39.1 Å². The number of hydrogen-bond acceptors (Lipinski definition) is 6. The van der Waals surface area contributed by atoms with Gasteiger partial charge in [0.2, 0.25) is 18.0 Å². The lowest BCUT2D eigenvalue weighted by Crippen LogP contribution is -2.25. The number of benzene rings is 1. The van der Waals surface area contributed by atoms with Gasteiger partial charge >= 0.3 is 0 Å². The van der Waals surface area contributed by atoms with E-state index in [2.05, 4.69) is 26.0 Å². The molecule has 1 unspecified atom stereocenters. The topological polar surface area (TPSA) is 72.6 Å². The Morgan fingerprint density at radius 1 is 1.10 bits per heavy atom. The summed E-state index contributed by atoms with van der Waals surface area (Å²) in [6, 6.07) is 17.4. The highest BCUT2D eigenvalue weighted by Crippen LogP contribution is 2.39. The molecular formula is C22H16BrN5O2S. The lowest BCUT2D eigenvalue weighted by atomic mass is 10.2. The summed E-state index contributed by atoms with van der Waals surface area (Å²) in [5, 5.41) is 10.6. The van der Waals surface area contributed by atoms with Gasteiger partial charge in [-0.2, -0.15) is 10.1 Å². The van der Waals surface area contributed by atoms with Gasteiger partial charge in [-0.1, -0.05) is 18.2 Å². The molecular weight excluding hydrogens is 478 g/mol. The number of rotatable bonds is 4. The maximum Gasteiger partial charge on any atom is 0.243 e. The number of nitrogens with zero attached hydrogens (tertiary/aromatic N) is 5. The summed E-state index contributed by atoms with van der Waals surface area (Å²) in [5.74, 6) is 0.146. The number of pyridine rings is 1. The third kappa shape index (κ3) is 3.77. The van der Waals surface area contributed by atoms with Gasteiger partial charge in [-0.25, -0.2) is 4.68 Å². The highest BCUT2D eigenvalue weighted by Gasteiger charge is 2.36. The Kier molecular flexibility index (Phi) is 5.13. The van der Waals surface area contributed by atoms with E-state index in [4.69, 9.17) is 9.84 Å². The molecule has 0 N–H and O–H groups in total. The molecule has 9 heteroatoms. The first-order valence-corrected chi connectivity index (χ1v) is 11.1. The molecule has 0 saturated heterocycles. The number of carbonyl (C=O) groups excluding carboxylic acids is 1. The minimum atomic E-state index is -0.728. The first-order valence-electron chi connectivity index (χ1n) is 9.46. The summed E-state index contributed by atoms with van der Waals surface area (Å²) < 4.78 is 8.98. The molecule has 31 heavy (non-hydrogen) atoms. The summed E-state index contributed by atoms with van der Waals surface area (Å²) in [6.07, 6.45) is 4.49. The first kappa shape index (κ1) is 19.7. The molecule has 7 nitrogen and oxygen atoms in total. The van der Waals surface area contributed by atoms with E-state index in [9.17, 15) is 4.79 Å². The zero-order valence-electron chi connectivity index (χ0n) is 16.3. The van der Waals surface area contributed by atoms with Crippen LogP contribution < -0.4 is 0 Å². The second kappa shape index (κ2) is 8.09. The Morgan fingerprint density at radius 2 is 1.87 bits per heavy atom. The van der Waals surface area contributed by atoms with E-state index < -0.39 is 6.23 Å². The zero-order valence-corrected chi connectivity index (χ0v) is 18.7. The number of halogens is 1. The average molecular weight is 494 g/mol. The highest BCUT2D eigenvalue weighted by molar-refractivity contribution is 9.11. The lowest BCUT2D eigenvalue weighted by molar-refractivity contribution is -0.135. The minimum absolute atomic E-state index is 0.222. The van der Waals surface area contributed by atoms with E-state index in [0.717, 1.165) is 31.2 Å². The van der Waals surface area contributed by atoms with Gasteiger partial charge < -0.3 is 4.74 Å². The molecule has 1 atom stereocenters. The fourth-order valence-corrected chi connectivity index (χ4v) is 4.69. The number of hydrazone groups is 1. The molecule has 0 bridgehead atoms. The second-order valence-electron chi connectivity index (χ2n) is 6.79. The van der Waals surface area contributed by atoms with E-state index in [0.29, 0.717) is 5.90 Å². The zero-order chi connectivity index (χ0) is 21.4. The Labute approximate surface area is 190 Å². The molecule has 154 valence electrons.